The molecule has 0 heterocycles. The minimum absolute atomic E-state index is 0.160. The lowest BCUT2D eigenvalue weighted by atomic mass is 10.1. The number of nitro benzene ring substituents is 1. The third-order valence-electron chi connectivity index (χ3n) is 1.94. The third kappa shape index (κ3) is 2.04. The van der Waals surface area contributed by atoms with Gasteiger partial charge >= 0.3 is 0 Å². The zero-order valence-corrected chi connectivity index (χ0v) is 9.61. The molecule has 0 saturated carbocycles. The molecule has 4 nitrogen and oxygen atoms in total. The van der Waals surface area contributed by atoms with Crippen molar-refractivity contribution in [1.29, 1.82) is 0 Å². The summed E-state index contributed by atoms with van der Waals surface area (Å²) in [6.07, 6.45) is 0. The average Bonchev–Trinajstić information content (AvgIpc) is 2.16. The summed E-state index contributed by atoms with van der Waals surface area (Å²) in [6.45, 7) is 0. The van der Waals surface area contributed by atoms with Crippen molar-refractivity contribution in [2.24, 2.45) is 0 Å². The molecule has 1 aromatic carbocycles. The van der Waals surface area contributed by atoms with Gasteiger partial charge < -0.3 is 4.90 Å². The van der Waals surface area contributed by atoms with Gasteiger partial charge in [-0.3, -0.25) is 10.1 Å². The molecule has 0 spiro atoms. The first-order valence-electron chi connectivity index (χ1n) is 4.07. The molecule has 0 radical (unpaired) electrons. The van der Waals surface area contributed by atoms with Crippen LogP contribution in [-0.2, 0) is 5.33 Å². The Bertz CT molecular complexity index is 353. The van der Waals surface area contributed by atoms with Gasteiger partial charge in [0.15, 0.2) is 0 Å². The van der Waals surface area contributed by atoms with E-state index in [0.717, 1.165) is 5.69 Å². The summed E-state index contributed by atoms with van der Waals surface area (Å²) in [5.41, 5.74) is 1.74. The van der Waals surface area contributed by atoms with Gasteiger partial charge in [0.25, 0.3) is 5.69 Å². The summed E-state index contributed by atoms with van der Waals surface area (Å²) in [6, 6.07) is 5.08. The first kappa shape index (κ1) is 11.0. The summed E-state index contributed by atoms with van der Waals surface area (Å²) in [5, 5.41) is 11.2. The predicted octanol–water partition coefficient (Wildman–Crippen LogP) is 2.56. The van der Waals surface area contributed by atoms with Gasteiger partial charge in [-0.1, -0.05) is 22.0 Å². The Balaban J connectivity index is 3.32. The molecule has 5 heteroatoms. The number of alkyl halides is 1. The molecule has 0 aliphatic carbocycles. The van der Waals surface area contributed by atoms with E-state index in [9.17, 15) is 10.1 Å². The van der Waals surface area contributed by atoms with Crippen LogP contribution >= 0.6 is 15.9 Å². The Hall–Kier alpha value is -1.10. The summed E-state index contributed by atoms with van der Waals surface area (Å²) < 4.78 is 0. The van der Waals surface area contributed by atoms with Gasteiger partial charge in [-0.15, -0.1) is 0 Å². The van der Waals surface area contributed by atoms with Crippen molar-refractivity contribution >= 4 is 27.3 Å². The van der Waals surface area contributed by atoms with Crippen LogP contribution < -0.4 is 4.90 Å². The summed E-state index contributed by atoms with van der Waals surface area (Å²) >= 11 is 3.26. The Morgan fingerprint density at radius 2 is 2.14 bits per heavy atom. The number of nitrogens with zero attached hydrogens (tertiary/aromatic N) is 2. The highest BCUT2D eigenvalue weighted by Gasteiger charge is 2.16. The lowest BCUT2D eigenvalue weighted by Gasteiger charge is -2.15. The molecule has 0 fully saturated rings. The SMILES string of the molecule is CN(C)c1cccc([N+](=O)[O-])c1CBr. The standard InChI is InChI=1S/C9H11BrN2O2/c1-11(2)8-4-3-5-9(12(13)14)7(8)6-10/h3-5H,6H2,1-2H3. The number of rotatable bonds is 3. The lowest BCUT2D eigenvalue weighted by molar-refractivity contribution is -0.385. The number of halogens is 1. The fourth-order valence-electron chi connectivity index (χ4n) is 1.29. The minimum Gasteiger partial charge on any atom is -0.377 e. The fraction of sp³-hybridized carbons (Fsp3) is 0.333. The van der Waals surface area contributed by atoms with E-state index in [2.05, 4.69) is 15.9 Å². The zero-order chi connectivity index (χ0) is 10.7. The smallest absolute Gasteiger partial charge is 0.275 e. The molecule has 76 valence electrons. The topological polar surface area (TPSA) is 46.4 Å². The van der Waals surface area contributed by atoms with Gasteiger partial charge in [-0.25, -0.2) is 0 Å². The van der Waals surface area contributed by atoms with Crippen LogP contribution in [0.25, 0.3) is 0 Å². The number of hydrogen-bond donors (Lipinski definition) is 0. The maximum absolute atomic E-state index is 10.7. The van der Waals surface area contributed by atoms with E-state index >= 15 is 0 Å². The van der Waals surface area contributed by atoms with Gasteiger partial charge in [0, 0.05) is 31.2 Å². The van der Waals surface area contributed by atoms with Crippen LogP contribution in [0.2, 0.25) is 0 Å². The molecule has 0 aliphatic heterocycles. The second kappa shape index (κ2) is 4.41. The zero-order valence-electron chi connectivity index (χ0n) is 8.03. The molecule has 0 aliphatic rings. The molecule has 1 aromatic rings. The highest BCUT2D eigenvalue weighted by Crippen LogP contribution is 2.29. The van der Waals surface area contributed by atoms with Crippen molar-refractivity contribution in [1.82, 2.24) is 0 Å². The van der Waals surface area contributed by atoms with E-state index < -0.39 is 0 Å². The van der Waals surface area contributed by atoms with Crippen molar-refractivity contribution in [3.63, 3.8) is 0 Å². The largest absolute Gasteiger partial charge is 0.377 e. The quantitative estimate of drug-likeness (QED) is 0.476. The third-order valence-corrected chi connectivity index (χ3v) is 2.50. The van der Waals surface area contributed by atoms with Crippen LogP contribution in [-0.4, -0.2) is 19.0 Å². The van der Waals surface area contributed by atoms with Crippen LogP contribution in [0, 0.1) is 10.1 Å². The molecule has 14 heavy (non-hydrogen) atoms. The normalized spacial score (nSPS) is 9.93. The monoisotopic (exact) mass is 258 g/mol. The molecule has 0 N–H and O–H groups in total. The summed E-state index contributed by atoms with van der Waals surface area (Å²) in [4.78, 5) is 12.2. The van der Waals surface area contributed by atoms with E-state index in [-0.39, 0.29) is 10.6 Å². The Morgan fingerprint density at radius 1 is 1.50 bits per heavy atom. The van der Waals surface area contributed by atoms with Gasteiger partial charge in [0.2, 0.25) is 0 Å². The molecule has 0 atom stereocenters. The summed E-state index contributed by atoms with van der Waals surface area (Å²) in [7, 11) is 3.73. The first-order chi connectivity index (χ1) is 6.57. The molecular weight excluding hydrogens is 248 g/mol. The Labute approximate surface area is 90.8 Å². The second-order valence-electron chi connectivity index (χ2n) is 3.06. The number of benzene rings is 1. The van der Waals surface area contributed by atoms with Crippen molar-refractivity contribution < 1.29 is 4.92 Å². The van der Waals surface area contributed by atoms with Crippen LogP contribution in [0.1, 0.15) is 5.56 Å². The highest BCUT2D eigenvalue weighted by molar-refractivity contribution is 9.08. The molecule has 0 aromatic heterocycles. The number of anilines is 1. The highest BCUT2D eigenvalue weighted by atomic mass is 79.9. The molecule has 0 unspecified atom stereocenters. The molecule has 1 rings (SSSR count). The van der Waals surface area contributed by atoms with Gasteiger partial charge in [-0.2, -0.15) is 0 Å². The Kier molecular flexibility index (Phi) is 3.46. The maximum atomic E-state index is 10.7. The summed E-state index contributed by atoms with van der Waals surface area (Å²) in [5.74, 6) is 0. The molecule has 0 amide bonds. The minimum atomic E-state index is -0.358. The van der Waals surface area contributed by atoms with Crippen LogP contribution in [0.15, 0.2) is 18.2 Å². The fourth-order valence-corrected chi connectivity index (χ4v) is 1.86. The molecule has 0 saturated heterocycles. The first-order valence-corrected chi connectivity index (χ1v) is 5.19. The van der Waals surface area contributed by atoms with Crippen LogP contribution in [0.5, 0.6) is 0 Å². The van der Waals surface area contributed by atoms with Crippen LogP contribution in [0.3, 0.4) is 0 Å². The van der Waals surface area contributed by atoms with Gasteiger partial charge in [0.1, 0.15) is 0 Å². The maximum Gasteiger partial charge on any atom is 0.275 e. The van der Waals surface area contributed by atoms with Crippen molar-refractivity contribution in [3.05, 3.63) is 33.9 Å². The Morgan fingerprint density at radius 3 is 2.57 bits per heavy atom. The van der Waals surface area contributed by atoms with E-state index in [4.69, 9.17) is 0 Å². The van der Waals surface area contributed by atoms with Crippen molar-refractivity contribution in [2.75, 3.05) is 19.0 Å². The van der Waals surface area contributed by atoms with Gasteiger partial charge in [0.05, 0.1) is 10.5 Å². The van der Waals surface area contributed by atoms with Crippen LogP contribution in [0.4, 0.5) is 11.4 Å². The molecule has 0 bridgehead atoms. The number of hydrogen-bond acceptors (Lipinski definition) is 3. The van der Waals surface area contributed by atoms with Crippen molar-refractivity contribution in [2.45, 2.75) is 5.33 Å². The van der Waals surface area contributed by atoms with E-state index in [1.807, 2.05) is 25.1 Å². The van der Waals surface area contributed by atoms with E-state index in [1.54, 1.807) is 6.07 Å². The number of nitro groups is 1. The van der Waals surface area contributed by atoms with Crippen molar-refractivity contribution in [3.8, 4) is 0 Å². The lowest BCUT2D eigenvalue weighted by Crippen LogP contribution is -2.11. The van der Waals surface area contributed by atoms with E-state index in [0.29, 0.717) is 10.9 Å². The molecular formula is C9H11BrN2O2. The van der Waals surface area contributed by atoms with Gasteiger partial charge in [-0.05, 0) is 6.07 Å². The average molecular weight is 259 g/mol. The van der Waals surface area contributed by atoms with E-state index in [1.165, 1.54) is 6.07 Å². The predicted molar refractivity (Wildman–Crippen MR) is 60.1 cm³/mol. The second-order valence-corrected chi connectivity index (χ2v) is 3.62.